The van der Waals surface area contributed by atoms with Crippen LogP contribution < -0.4 is 10.0 Å². The van der Waals surface area contributed by atoms with E-state index in [1.807, 2.05) is 0 Å². The molecule has 1 amide bonds. The topological polar surface area (TPSA) is 101 Å². The summed E-state index contributed by atoms with van der Waals surface area (Å²) >= 11 is 11.6. The van der Waals surface area contributed by atoms with Crippen LogP contribution in [0.25, 0.3) is 0 Å². The lowest BCUT2D eigenvalue weighted by Gasteiger charge is -2.18. The molecule has 0 radical (unpaired) electrons. The number of furan rings is 1. The van der Waals surface area contributed by atoms with Gasteiger partial charge in [0.05, 0.1) is 10.0 Å². The maximum absolute atomic E-state index is 12.1. The van der Waals surface area contributed by atoms with E-state index in [9.17, 15) is 13.2 Å². The van der Waals surface area contributed by atoms with E-state index >= 15 is 0 Å². The standard InChI is InChI=1S/C14H15Cl2N3O4S/c1-14(2,3)19-24(21,22)12-5-4-10(23-12)13(20)18-11-6-8(15)9(16)7-17-11/h4-7,19H,1-3H3,(H,17,18,20). The molecule has 0 aliphatic heterocycles. The van der Waals surface area contributed by atoms with Crippen molar-refractivity contribution in [3.05, 3.63) is 40.2 Å². The average Bonchev–Trinajstić information content (AvgIpc) is 2.91. The maximum atomic E-state index is 12.1. The summed E-state index contributed by atoms with van der Waals surface area (Å²) < 4.78 is 31.8. The summed E-state index contributed by atoms with van der Waals surface area (Å²) in [7, 11) is -3.87. The monoisotopic (exact) mass is 391 g/mol. The Kier molecular flexibility index (Phi) is 5.24. The Bertz CT molecular complexity index is 872. The number of sulfonamides is 1. The number of amides is 1. The Morgan fingerprint density at radius 1 is 1.21 bits per heavy atom. The predicted molar refractivity (Wildman–Crippen MR) is 91.0 cm³/mol. The Morgan fingerprint density at radius 2 is 1.88 bits per heavy atom. The number of anilines is 1. The maximum Gasteiger partial charge on any atom is 0.292 e. The molecule has 2 N–H and O–H groups in total. The third kappa shape index (κ3) is 4.70. The number of hydrogen-bond acceptors (Lipinski definition) is 5. The minimum absolute atomic E-state index is 0.156. The molecule has 0 atom stereocenters. The number of hydrogen-bond donors (Lipinski definition) is 2. The van der Waals surface area contributed by atoms with E-state index in [4.69, 9.17) is 27.6 Å². The highest BCUT2D eigenvalue weighted by molar-refractivity contribution is 7.89. The van der Waals surface area contributed by atoms with E-state index in [1.54, 1.807) is 20.8 Å². The molecule has 0 aromatic carbocycles. The van der Waals surface area contributed by atoms with Gasteiger partial charge in [-0.2, -0.15) is 0 Å². The van der Waals surface area contributed by atoms with Crippen molar-refractivity contribution in [2.24, 2.45) is 0 Å². The first kappa shape index (κ1) is 18.7. The lowest BCUT2D eigenvalue weighted by molar-refractivity contribution is 0.0991. The highest BCUT2D eigenvalue weighted by Gasteiger charge is 2.26. The number of halogens is 2. The van der Waals surface area contributed by atoms with Crippen molar-refractivity contribution in [2.75, 3.05) is 5.32 Å². The second kappa shape index (κ2) is 6.72. The van der Waals surface area contributed by atoms with Crippen LogP contribution in [0.4, 0.5) is 5.82 Å². The van der Waals surface area contributed by atoms with E-state index in [0.29, 0.717) is 0 Å². The molecule has 7 nitrogen and oxygen atoms in total. The Labute approximate surface area is 149 Å². The number of carbonyl (C=O) groups is 1. The quantitative estimate of drug-likeness (QED) is 0.831. The van der Waals surface area contributed by atoms with Gasteiger partial charge in [-0.05, 0) is 32.9 Å². The molecule has 2 rings (SSSR count). The van der Waals surface area contributed by atoms with Crippen LogP contribution in [0.5, 0.6) is 0 Å². The molecule has 24 heavy (non-hydrogen) atoms. The lowest BCUT2D eigenvalue weighted by Crippen LogP contribution is -2.40. The largest absolute Gasteiger partial charge is 0.438 e. The second-order valence-electron chi connectivity index (χ2n) is 5.91. The first-order chi connectivity index (χ1) is 11.0. The smallest absolute Gasteiger partial charge is 0.292 e. The molecule has 0 bridgehead atoms. The van der Waals surface area contributed by atoms with E-state index in [0.717, 1.165) is 0 Å². The van der Waals surface area contributed by atoms with Crippen molar-refractivity contribution in [1.29, 1.82) is 0 Å². The van der Waals surface area contributed by atoms with Crippen molar-refractivity contribution in [3.63, 3.8) is 0 Å². The van der Waals surface area contributed by atoms with Gasteiger partial charge in [0.25, 0.3) is 15.9 Å². The van der Waals surface area contributed by atoms with Crippen LogP contribution in [-0.4, -0.2) is 24.8 Å². The Hall–Kier alpha value is -1.61. The lowest BCUT2D eigenvalue weighted by atomic mass is 10.1. The number of pyridine rings is 1. The fourth-order valence-electron chi connectivity index (χ4n) is 1.70. The van der Waals surface area contributed by atoms with E-state index < -0.39 is 21.5 Å². The number of nitrogens with one attached hydrogen (secondary N) is 2. The third-order valence-electron chi connectivity index (χ3n) is 2.56. The molecule has 2 aromatic heterocycles. The highest BCUT2D eigenvalue weighted by atomic mass is 35.5. The van der Waals surface area contributed by atoms with E-state index in [-0.39, 0.29) is 26.7 Å². The first-order valence-corrected chi connectivity index (χ1v) is 8.98. The molecule has 10 heteroatoms. The van der Waals surface area contributed by atoms with Crippen LogP contribution in [0.15, 0.2) is 33.9 Å². The van der Waals surface area contributed by atoms with Gasteiger partial charge in [0.1, 0.15) is 5.82 Å². The number of rotatable bonds is 4. The minimum atomic E-state index is -3.87. The van der Waals surface area contributed by atoms with Gasteiger partial charge in [0, 0.05) is 17.8 Å². The molecular formula is C14H15Cl2N3O4S. The minimum Gasteiger partial charge on any atom is -0.438 e. The van der Waals surface area contributed by atoms with Gasteiger partial charge in [0.15, 0.2) is 5.76 Å². The van der Waals surface area contributed by atoms with Crippen molar-refractivity contribution < 1.29 is 17.6 Å². The van der Waals surface area contributed by atoms with Gasteiger partial charge in [-0.1, -0.05) is 23.2 Å². The molecule has 0 fully saturated rings. The summed E-state index contributed by atoms with van der Waals surface area (Å²) in [6, 6.07) is 3.82. The molecule has 2 aromatic rings. The summed E-state index contributed by atoms with van der Waals surface area (Å²) in [5.41, 5.74) is -0.683. The summed E-state index contributed by atoms with van der Waals surface area (Å²) in [6.07, 6.45) is 1.28. The fraction of sp³-hybridized carbons (Fsp3) is 0.286. The molecular weight excluding hydrogens is 377 g/mol. The zero-order valence-corrected chi connectivity index (χ0v) is 15.4. The predicted octanol–water partition coefficient (Wildman–Crippen LogP) is 3.31. The Balaban J connectivity index is 2.18. The average molecular weight is 392 g/mol. The van der Waals surface area contributed by atoms with Crippen LogP contribution in [0, 0.1) is 0 Å². The van der Waals surface area contributed by atoms with Crippen LogP contribution in [0.2, 0.25) is 10.0 Å². The zero-order valence-electron chi connectivity index (χ0n) is 13.1. The molecule has 2 heterocycles. The van der Waals surface area contributed by atoms with Crippen LogP contribution in [0.3, 0.4) is 0 Å². The van der Waals surface area contributed by atoms with Crippen molar-refractivity contribution in [2.45, 2.75) is 31.4 Å². The van der Waals surface area contributed by atoms with Gasteiger partial charge >= 0.3 is 0 Å². The Morgan fingerprint density at radius 3 is 2.46 bits per heavy atom. The fourth-order valence-corrected chi connectivity index (χ4v) is 3.31. The summed E-state index contributed by atoms with van der Waals surface area (Å²) in [6.45, 7) is 5.07. The SMILES string of the molecule is CC(C)(C)NS(=O)(=O)c1ccc(C(=O)Nc2cc(Cl)c(Cl)cn2)o1. The van der Waals surface area contributed by atoms with Gasteiger partial charge in [0.2, 0.25) is 5.09 Å². The van der Waals surface area contributed by atoms with Crippen molar-refractivity contribution in [1.82, 2.24) is 9.71 Å². The molecule has 0 aliphatic carbocycles. The molecule has 0 aliphatic rings. The summed E-state index contributed by atoms with van der Waals surface area (Å²) in [5.74, 6) is -0.696. The molecule has 0 saturated heterocycles. The molecule has 0 unspecified atom stereocenters. The zero-order chi connectivity index (χ0) is 18.1. The van der Waals surface area contributed by atoms with E-state index in [2.05, 4.69) is 15.0 Å². The normalized spacial score (nSPS) is 12.2. The van der Waals surface area contributed by atoms with Gasteiger partial charge in [-0.3, -0.25) is 4.79 Å². The second-order valence-corrected chi connectivity index (χ2v) is 8.34. The molecule has 0 spiro atoms. The molecule has 130 valence electrons. The van der Waals surface area contributed by atoms with Crippen LogP contribution >= 0.6 is 23.2 Å². The number of carbonyl (C=O) groups excluding carboxylic acids is 1. The first-order valence-electron chi connectivity index (χ1n) is 6.74. The van der Waals surface area contributed by atoms with Crippen molar-refractivity contribution in [3.8, 4) is 0 Å². The van der Waals surface area contributed by atoms with Crippen molar-refractivity contribution >= 4 is 45.0 Å². The third-order valence-corrected chi connectivity index (χ3v) is 4.90. The van der Waals surface area contributed by atoms with Gasteiger partial charge in [-0.25, -0.2) is 18.1 Å². The van der Waals surface area contributed by atoms with E-state index in [1.165, 1.54) is 24.4 Å². The number of aromatic nitrogens is 1. The number of nitrogens with zero attached hydrogens (tertiary/aromatic N) is 1. The van der Waals surface area contributed by atoms with Gasteiger partial charge in [-0.15, -0.1) is 0 Å². The molecule has 0 saturated carbocycles. The van der Waals surface area contributed by atoms with Crippen LogP contribution in [-0.2, 0) is 10.0 Å². The summed E-state index contributed by atoms with van der Waals surface area (Å²) in [5, 5.41) is 2.55. The summed E-state index contributed by atoms with van der Waals surface area (Å²) in [4.78, 5) is 16.0. The van der Waals surface area contributed by atoms with Crippen LogP contribution in [0.1, 0.15) is 31.3 Å². The highest BCUT2D eigenvalue weighted by Crippen LogP contribution is 2.23. The van der Waals surface area contributed by atoms with Gasteiger partial charge < -0.3 is 9.73 Å².